The Hall–Kier alpha value is -2.84. The first kappa shape index (κ1) is 17.6. The zero-order valence-corrected chi connectivity index (χ0v) is 14.6. The van der Waals surface area contributed by atoms with E-state index in [1.165, 1.54) is 6.33 Å². The van der Waals surface area contributed by atoms with E-state index in [2.05, 4.69) is 20.3 Å². The first-order chi connectivity index (χ1) is 13.0. The Morgan fingerprint density at radius 3 is 2.70 bits per heavy atom. The average Bonchev–Trinajstić information content (AvgIpc) is 3.36. The lowest BCUT2D eigenvalue weighted by molar-refractivity contribution is -0.144. The predicted molar refractivity (Wildman–Crippen MR) is 93.7 cm³/mol. The van der Waals surface area contributed by atoms with E-state index in [9.17, 15) is 13.2 Å². The number of imidazole rings is 1. The van der Waals surface area contributed by atoms with Crippen LogP contribution in [-0.4, -0.2) is 32.7 Å². The number of halogens is 3. The van der Waals surface area contributed by atoms with Crippen molar-refractivity contribution >= 4 is 17.0 Å². The van der Waals surface area contributed by atoms with Crippen molar-refractivity contribution in [2.45, 2.75) is 38.0 Å². The maximum atomic E-state index is 13.2. The highest BCUT2D eigenvalue weighted by Crippen LogP contribution is 2.32. The van der Waals surface area contributed by atoms with Crippen LogP contribution < -0.4 is 10.1 Å². The number of ether oxygens (including phenoxy) is 1. The Labute approximate surface area is 153 Å². The molecule has 0 saturated heterocycles. The maximum Gasteiger partial charge on any atom is 0.451 e. The molecule has 9 heteroatoms. The molecule has 2 heterocycles. The fourth-order valence-corrected chi connectivity index (χ4v) is 2.91. The van der Waals surface area contributed by atoms with Crippen LogP contribution in [0.25, 0.3) is 11.2 Å². The van der Waals surface area contributed by atoms with Crippen LogP contribution in [0.4, 0.5) is 19.0 Å². The first-order valence-corrected chi connectivity index (χ1v) is 8.64. The largest absolute Gasteiger partial charge is 0.496 e. The topological polar surface area (TPSA) is 64.9 Å². The normalized spacial score (nSPS) is 14.5. The summed E-state index contributed by atoms with van der Waals surface area (Å²) in [5, 5.41) is 3.03. The zero-order chi connectivity index (χ0) is 19.0. The van der Waals surface area contributed by atoms with Gasteiger partial charge in [0.15, 0.2) is 11.5 Å². The monoisotopic (exact) mass is 377 g/mol. The Bertz CT molecular complexity index is 965. The molecular weight excluding hydrogens is 359 g/mol. The van der Waals surface area contributed by atoms with E-state index >= 15 is 0 Å². The number of hydrogen-bond acceptors (Lipinski definition) is 5. The van der Waals surface area contributed by atoms with Crippen molar-refractivity contribution in [1.82, 2.24) is 19.5 Å². The van der Waals surface area contributed by atoms with Gasteiger partial charge >= 0.3 is 6.18 Å². The summed E-state index contributed by atoms with van der Waals surface area (Å²) in [6.45, 7) is 0.425. The Morgan fingerprint density at radius 2 is 2.00 bits per heavy atom. The lowest BCUT2D eigenvalue weighted by Gasteiger charge is -2.11. The molecule has 27 heavy (non-hydrogen) atoms. The molecule has 142 valence electrons. The second-order valence-electron chi connectivity index (χ2n) is 6.48. The highest BCUT2D eigenvalue weighted by atomic mass is 19.4. The number of hydrogen-bond donors (Lipinski definition) is 1. The van der Waals surface area contributed by atoms with Crippen molar-refractivity contribution in [3.8, 4) is 5.75 Å². The fraction of sp³-hybridized carbons (Fsp3) is 0.389. The van der Waals surface area contributed by atoms with E-state index in [-0.39, 0.29) is 17.5 Å². The van der Waals surface area contributed by atoms with Gasteiger partial charge in [-0.25, -0.2) is 15.0 Å². The van der Waals surface area contributed by atoms with Gasteiger partial charge in [0.1, 0.15) is 11.3 Å². The molecule has 0 unspecified atom stereocenters. The molecular formula is C18H18F3N5O. The molecule has 0 radical (unpaired) electrons. The van der Waals surface area contributed by atoms with E-state index in [1.54, 1.807) is 11.7 Å². The summed E-state index contributed by atoms with van der Waals surface area (Å²) in [5.41, 5.74) is 1.49. The molecule has 1 aliphatic rings. The number of alkyl halides is 3. The molecule has 0 bridgehead atoms. The lowest BCUT2D eigenvalue weighted by Crippen LogP contribution is -2.15. The smallest absolute Gasteiger partial charge is 0.451 e. The average molecular weight is 377 g/mol. The summed E-state index contributed by atoms with van der Waals surface area (Å²) in [6.07, 6.45) is -0.701. The van der Waals surface area contributed by atoms with Gasteiger partial charge < -0.3 is 14.6 Å². The van der Waals surface area contributed by atoms with E-state index < -0.39 is 12.0 Å². The van der Waals surface area contributed by atoms with Gasteiger partial charge in [0, 0.05) is 12.6 Å². The summed E-state index contributed by atoms with van der Waals surface area (Å²) in [6, 6.07) is 7.69. The van der Waals surface area contributed by atoms with Crippen molar-refractivity contribution in [2.75, 3.05) is 12.4 Å². The molecule has 0 amide bonds. The molecule has 1 N–H and O–H groups in total. The van der Waals surface area contributed by atoms with Crippen LogP contribution in [-0.2, 0) is 19.1 Å². The molecule has 1 saturated carbocycles. The van der Waals surface area contributed by atoms with Crippen molar-refractivity contribution in [1.29, 1.82) is 0 Å². The number of fused-ring (bicyclic) bond motifs is 1. The minimum Gasteiger partial charge on any atom is -0.496 e. The molecule has 6 nitrogen and oxygen atoms in total. The summed E-state index contributed by atoms with van der Waals surface area (Å²) in [7, 11) is 1.59. The molecule has 0 atom stereocenters. The van der Waals surface area contributed by atoms with Crippen LogP contribution in [0.2, 0.25) is 0 Å². The highest BCUT2D eigenvalue weighted by Gasteiger charge is 2.37. The number of benzene rings is 1. The van der Waals surface area contributed by atoms with Crippen LogP contribution in [0.5, 0.6) is 5.75 Å². The number of aryl methyl sites for hydroxylation is 2. The second kappa shape index (κ2) is 6.71. The molecule has 0 aliphatic heterocycles. The van der Waals surface area contributed by atoms with E-state index in [0.29, 0.717) is 18.5 Å². The SMILES string of the molecule is COc1ccccc1CCn1cnc2c(NC3CC3)nc(C(F)(F)F)nc21. The van der Waals surface area contributed by atoms with Crippen molar-refractivity contribution in [3.05, 3.63) is 42.0 Å². The van der Waals surface area contributed by atoms with Crippen LogP contribution in [0.3, 0.4) is 0 Å². The third-order valence-electron chi connectivity index (χ3n) is 4.45. The molecule has 1 aromatic carbocycles. The third kappa shape index (κ3) is 3.67. The minimum absolute atomic E-state index is 0.144. The molecule has 1 fully saturated rings. The molecule has 4 rings (SSSR count). The predicted octanol–water partition coefficient (Wildman–Crippen LogP) is 3.67. The van der Waals surface area contributed by atoms with Gasteiger partial charge in [0.25, 0.3) is 0 Å². The van der Waals surface area contributed by atoms with Gasteiger partial charge in [0.05, 0.1) is 13.4 Å². The summed E-state index contributed by atoms with van der Waals surface area (Å²) in [5.74, 6) is -0.272. The van der Waals surface area contributed by atoms with Gasteiger partial charge in [-0.2, -0.15) is 13.2 Å². The van der Waals surface area contributed by atoms with Crippen LogP contribution >= 0.6 is 0 Å². The number of anilines is 1. The number of aromatic nitrogens is 4. The lowest BCUT2D eigenvalue weighted by atomic mass is 10.1. The number of rotatable bonds is 6. The van der Waals surface area contributed by atoms with Gasteiger partial charge in [-0.1, -0.05) is 18.2 Å². The van der Waals surface area contributed by atoms with Crippen LogP contribution in [0, 0.1) is 0 Å². The maximum absolute atomic E-state index is 13.2. The minimum atomic E-state index is -4.62. The number of para-hydroxylation sites is 1. The van der Waals surface area contributed by atoms with Gasteiger partial charge in [-0.05, 0) is 30.9 Å². The van der Waals surface area contributed by atoms with Gasteiger partial charge in [0.2, 0.25) is 5.82 Å². The van der Waals surface area contributed by atoms with Crippen molar-refractivity contribution in [3.63, 3.8) is 0 Å². The summed E-state index contributed by atoms with van der Waals surface area (Å²) in [4.78, 5) is 11.7. The van der Waals surface area contributed by atoms with Crippen LogP contribution in [0.1, 0.15) is 24.2 Å². The number of methoxy groups -OCH3 is 1. The standard InChI is InChI=1S/C18H18F3N5O/c1-27-13-5-3-2-4-11(13)8-9-26-10-22-14-15(23-12-6-7-12)24-17(18(19,20)21)25-16(14)26/h2-5,10,12H,6-9H2,1H3,(H,23,24,25). The van der Waals surface area contributed by atoms with Crippen LogP contribution in [0.15, 0.2) is 30.6 Å². The zero-order valence-electron chi connectivity index (χ0n) is 14.6. The number of nitrogens with zero attached hydrogens (tertiary/aromatic N) is 4. The summed E-state index contributed by atoms with van der Waals surface area (Å²) < 4.78 is 46.7. The molecule has 1 aliphatic carbocycles. The van der Waals surface area contributed by atoms with E-state index in [4.69, 9.17) is 4.74 Å². The quantitative estimate of drug-likeness (QED) is 0.710. The molecule has 3 aromatic rings. The van der Waals surface area contributed by atoms with Gasteiger partial charge in [-0.3, -0.25) is 0 Å². The second-order valence-corrected chi connectivity index (χ2v) is 6.48. The highest BCUT2D eigenvalue weighted by molar-refractivity contribution is 5.83. The van der Waals surface area contributed by atoms with Crippen molar-refractivity contribution in [2.24, 2.45) is 0 Å². The Morgan fingerprint density at radius 1 is 1.22 bits per heavy atom. The molecule has 2 aromatic heterocycles. The fourth-order valence-electron chi connectivity index (χ4n) is 2.91. The Balaban J connectivity index is 1.68. The number of nitrogens with one attached hydrogen (secondary N) is 1. The Kier molecular flexibility index (Phi) is 4.37. The third-order valence-corrected chi connectivity index (χ3v) is 4.45. The van der Waals surface area contributed by atoms with Gasteiger partial charge in [-0.15, -0.1) is 0 Å². The summed E-state index contributed by atoms with van der Waals surface area (Å²) >= 11 is 0. The van der Waals surface area contributed by atoms with Crippen molar-refractivity contribution < 1.29 is 17.9 Å². The first-order valence-electron chi connectivity index (χ1n) is 8.64. The molecule has 0 spiro atoms. The van der Waals surface area contributed by atoms with E-state index in [1.807, 2.05) is 24.3 Å². The van der Waals surface area contributed by atoms with E-state index in [0.717, 1.165) is 24.2 Å².